The maximum Gasteiger partial charge on any atom is 0.243 e. The third kappa shape index (κ3) is 1.95. The minimum absolute atomic E-state index is 0.131. The van der Waals surface area contributed by atoms with E-state index in [4.69, 9.17) is 0 Å². The van der Waals surface area contributed by atoms with Gasteiger partial charge in [0.1, 0.15) is 11.9 Å². The van der Waals surface area contributed by atoms with Gasteiger partial charge in [-0.2, -0.15) is 0 Å². The molecule has 96 valence electrons. The zero-order chi connectivity index (χ0) is 12.8. The van der Waals surface area contributed by atoms with Crippen molar-refractivity contribution in [1.29, 1.82) is 0 Å². The summed E-state index contributed by atoms with van der Waals surface area (Å²) in [5.41, 5.74) is 0.0990. The Balaban J connectivity index is 1.93. The molecule has 0 unspecified atom stereocenters. The molecule has 1 aromatic rings. The van der Waals surface area contributed by atoms with Crippen LogP contribution >= 0.6 is 15.9 Å². The molecule has 1 amide bonds. The van der Waals surface area contributed by atoms with Crippen LogP contribution in [0.4, 0.5) is 4.39 Å². The molecule has 2 fully saturated rings. The lowest BCUT2D eigenvalue weighted by molar-refractivity contribution is -0.121. The van der Waals surface area contributed by atoms with Crippen molar-refractivity contribution in [2.24, 2.45) is 0 Å². The van der Waals surface area contributed by atoms with E-state index in [-0.39, 0.29) is 17.4 Å². The Morgan fingerprint density at radius 3 is 2.78 bits per heavy atom. The zero-order valence-electron chi connectivity index (χ0n) is 9.80. The van der Waals surface area contributed by atoms with Crippen LogP contribution in [0, 0.1) is 5.82 Å². The Kier molecular flexibility index (Phi) is 2.90. The van der Waals surface area contributed by atoms with E-state index < -0.39 is 6.04 Å². The maximum absolute atomic E-state index is 13.8. The lowest BCUT2D eigenvalue weighted by atomic mass is 10.1. The van der Waals surface area contributed by atoms with Crippen molar-refractivity contribution < 1.29 is 9.18 Å². The second kappa shape index (κ2) is 4.31. The molecule has 1 spiro atoms. The second-order valence-electron chi connectivity index (χ2n) is 5.02. The zero-order valence-corrected chi connectivity index (χ0v) is 11.4. The summed E-state index contributed by atoms with van der Waals surface area (Å²) in [6.45, 7) is 0. The fourth-order valence-electron chi connectivity index (χ4n) is 2.89. The number of carbonyl (C=O) groups excluding carboxylic acids is 1. The van der Waals surface area contributed by atoms with Crippen LogP contribution in [0.15, 0.2) is 22.7 Å². The monoisotopic (exact) mass is 312 g/mol. The third-order valence-corrected chi connectivity index (χ3v) is 4.26. The van der Waals surface area contributed by atoms with Crippen LogP contribution in [0.2, 0.25) is 0 Å². The molecule has 1 saturated heterocycles. The fourth-order valence-corrected chi connectivity index (χ4v) is 3.27. The number of nitrogens with one attached hydrogen (secondary N) is 2. The van der Waals surface area contributed by atoms with E-state index in [0.717, 1.165) is 30.2 Å². The number of rotatable bonds is 1. The van der Waals surface area contributed by atoms with Crippen LogP contribution in [0.5, 0.6) is 0 Å². The Morgan fingerprint density at radius 2 is 2.06 bits per heavy atom. The number of amides is 1. The summed E-state index contributed by atoms with van der Waals surface area (Å²) in [6, 6.07) is 4.10. The van der Waals surface area contributed by atoms with Crippen molar-refractivity contribution in [2.75, 3.05) is 0 Å². The average molecular weight is 313 g/mol. The van der Waals surface area contributed by atoms with Gasteiger partial charge in [0.2, 0.25) is 5.91 Å². The van der Waals surface area contributed by atoms with Gasteiger partial charge in [-0.05, 0) is 43.9 Å². The topological polar surface area (TPSA) is 41.1 Å². The van der Waals surface area contributed by atoms with Crippen LogP contribution in [0.1, 0.15) is 37.3 Å². The van der Waals surface area contributed by atoms with Gasteiger partial charge in [0.25, 0.3) is 0 Å². The van der Waals surface area contributed by atoms with Crippen LogP contribution in [-0.4, -0.2) is 11.6 Å². The molecular weight excluding hydrogens is 299 g/mol. The first-order valence-corrected chi connectivity index (χ1v) is 6.94. The molecule has 1 atom stereocenters. The summed E-state index contributed by atoms with van der Waals surface area (Å²) in [6.07, 6.45) is 4.04. The molecule has 3 rings (SSSR count). The van der Waals surface area contributed by atoms with Gasteiger partial charge in [0.15, 0.2) is 0 Å². The first-order valence-electron chi connectivity index (χ1n) is 6.14. The summed E-state index contributed by atoms with van der Waals surface area (Å²) in [7, 11) is 0. The van der Waals surface area contributed by atoms with Gasteiger partial charge >= 0.3 is 0 Å². The van der Waals surface area contributed by atoms with E-state index in [9.17, 15) is 9.18 Å². The van der Waals surface area contributed by atoms with Crippen molar-refractivity contribution in [3.8, 4) is 0 Å². The number of halogens is 2. The van der Waals surface area contributed by atoms with E-state index in [2.05, 4.69) is 26.6 Å². The lowest BCUT2D eigenvalue weighted by Gasteiger charge is -2.23. The smallest absolute Gasteiger partial charge is 0.243 e. The molecule has 1 saturated carbocycles. The van der Waals surface area contributed by atoms with E-state index in [1.165, 1.54) is 6.07 Å². The highest BCUT2D eigenvalue weighted by Crippen LogP contribution is 2.35. The highest BCUT2D eigenvalue weighted by molar-refractivity contribution is 9.10. The molecule has 18 heavy (non-hydrogen) atoms. The highest BCUT2D eigenvalue weighted by Gasteiger charge is 2.46. The molecule has 2 aliphatic rings. The van der Waals surface area contributed by atoms with Gasteiger partial charge in [-0.15, -0.1) is 0 Å². The molecule has 1 aliphatic carbocycles. The van der Waals surface area contributed by atoms with Gasteiger partial charge in [-0.3, -0.25) is 10.1 Å². The van der Waals surface area contributed by atoms with Crippen LogP contribution in [0.3, 0.4) is 0 Å². The standard InChI is InChI=1S/C13H14BrFN2O/c14-8-3-4-10(15)9(7-8)11-12(18)17-13(16-11)5-1-2-6-13/h3-4,7,11,16H,1-2,5-6H2,(H,17,18)/t11-/m0/s1. The molecule has 5 heteroatoms. The van der Waals surface area contributed by atoms with Crippen LogP contribution in [-0.2, 0) is 4.79 Å². The summed E-state index contributed by atoms with van der Waals surface area (Å²) in [4.78, 5) is 12.0. The molecule has 1 aromatic carbocycles. The van der Waals surface area contributed by atoms with E-state index >= 15 is 0 Å². The summed E-state index contributed by atoms with van der Waals surface area (Å²) in [5.74, 6) is -0.477. The number of benzene rings is 1. The molecule has 2 N–H and O–H groups in total. The van der Waals surface area contributed by atoms with Gasteiger partial charge in [-0.1, -0.05) is 15.9 Å². The quantitative estimate of drug-likeness (QED) is 0.837. The summed E-state index contributed by atoms with van der Waals surface area (Å²) in [5, 5.41) is 6.27. The normalized spacial score (nSPS) is 25.7. The summed E-state index contributed by atoms with van der Waals surface area (Å²) >= 11 is 3.31. The highest BCUT2D eigenvalue weighted by atomic mass is 79.9. The van der Waals surface area contributed by atoms with Gasteiger partial charge < -0.3 is 5.32 Å². The van der Waals surface area contributed by atoms with Gasteiger partial charge in [0.05, 0.1) is 5.66 Å². The van der Waals surface area contributed by atoms with Crippen LogP contribution in [0.25, 0.3) is 0 Å². The minimum atomic E-state index is -0.583. The fraction of sp³-hybridized carbons (Fsp3) is 0.462. The van der Waals surface area contributed by atoms with Crippen molar-refractivity contribution in [3.05, 3.63) is 34.1 Å². The van der Waals surface area contributed by atoms with Crippen molar-refractivity contribution >= 4 is 21.8 Å². The molecular formula is C13H14BrFN2O. The van der Waals surface area contributed by atoms with Crippen molar-refractivity contribution in [1.82, 2.24) is 10.6 Å². The number of carbonyl (C=O) groups is 1. The van der Waals surface area contributed by atoms with Gasteiger partial charge in [-0.25, -0.2) is 4.39 Å². The molecule has 0 aromatic heterocycles. The molecule has 0 radical (unpaired) electrons. The Morgan fingerprint density at radius 1 is 1.33 bits per heavy atom. The Labute approximate surface area is 113 Å². The van der Waals surface area contributed by atoms with E-state index in [0.29, 0.717) is 5.56 Å². The van der Waals surface area contributed by atoms with Crippen molar-refractivity contribution in [2.45, 2.75) is 37.4 Å². The molecule has 0 bridgehead atoms. The van der Waals surface area contributed by atoms with Crippen LogP contribution < -0.4 is 10.6 Å². The minimum Gasteiger partial charge on any atom is -0.336 e. The van der Waals surface area contributed by atoms with Crippen molar-refractivity contribution in [3.63, 3.8) is 0 Å². The Bertz CT molecular complexity index is 500. The SMILES string of the molecule is O=C1NC2(CCCC2)N[C@H]1c1cc(Br)ccc1F. The largest absolute Gasteiger partial charge is 0.336 e. The predicted octanol–water partition coefficient (Wildman–Crippen LogP) is 2.62. The van der Waals surface area contributed by atoms with Gasteiger partial charge in [0, 0.05) is 10.0 Å². The average Bonchev–Trinajstić information content (AvgIpc) is 2.90. The third-order valence-electron chi connectivity index (χ3n) is 3.77. The second-order valence-corrected chi connectivity index (χ2v) is 5.94. The maximum atomic E-state index is 13.8. The van der Waals surface area contributed by atoms with E-state index in [1.807, 2.05) is 0 Å². The first-order chi connectivity index (χ1) is 8.60. The summed E-state index contributed by atoms with van der Waals surface area (Å²) < 4.78 is 14.6. The molecule has 1 heterocycles. The molecule has 1 aliphatic heterocycles. The number of hydrogen-bond acceptors (Lipinski definition) is 2. The van der Waals surface area contributed by atoms with E-state index in [1.54, 1.807) is 12.1 Å². The lowest BCUT2D eigenvalue weighted by Crippen LogP contribution is -2.46. The first kappa shape index (κ1) is 12.1. The number of hydrogen-bond donors (Lipinski definition) is 2. The predicted molar refractivity (Wildman–Crippen MR) is 69.3 cm³/mol. The Hall–Kier alpha value is -0.940. The molecule has 3 nitrogen and oxygen atoms in total.